The van der Waals surface area contributed by atoms with Gasteiger partial charge >= 0.3 is 0 Å². The van der Waals surface area contributed by atoms with Crippen molar-refractivity contribution in [2.45, 2.75) is 20.5 Å². The minimum atomic E-state index is -0.274. The fraction of sp³-hybridized carbons (Fsp3) is 0.120. The van der Waals surface area contributed by atoms with Crippen molar-refractivity contribution >= 4 is 22.4 Å². The van der Waals surface area contributed by atoms with Gasteiger partial charge < -0.3 is 14.6 Å². The van der Waals surface area contributed by atoms with Crippen LogP contribution in [0.3, 0.4) is 0 Å². The van der Waals surface area contributed by atoms with Gasteiger partial charge in [-0.2, -0.15) is 0 Å². The number of carbonyl (C=O) groups is 1. The monoisotopic (exact) mass is 396 g/mol. The molecule has 0 spiro atoms. The summed E-state index contributed by atoms with van der Waals surface area (Å²) in [4.78, 5) is 13.1. The minimum Gasteiger partial charge on any atom is -0.488 e. The Morgan fingerprint density at radius 3 is 2.57 bits per heavy atom. The Morgan fingerprint density at radius 2 is 1.87 bits per heavy atom. The van der Waals surface area contributed by atoms with Crippen LogP contribution in [0.2, 0.25) is 0 Å². The lowest BCUT2D eigenvalue weighted by molar-refractivity contribution is 0.102. The van der Waals surface area contributed by atoms with E-state index in [1.54, 1.807) is 18.2 Å². The molecule has 0 atom stereocenters. The van der Waals surface area contributed by atoms with Gasteiger partial charge in [0.1, 0.15) is 18.1 Å². The molecule has 4 rings (SSSR count). The van der Waals surface area contributed by atoms with Crippen LogP contribution in [0, 0.1) is 26.2 Å². The molecule has 4 aromatic rings. The number of aryl methyl sites for hydroxylation is 2. The molecule has 3 aromatic carbocycles. The molecule has 1 amide bonds. The molecule has 0 aliphatic rings. The van der Waals surface area contributed by atoms with Crippen LogP contribution < -0.4 is 10.1 Å². The van der Waals surface area contributed by atoms with Gasteiger partial charge in [-0.25, -0.2) is 0 Å². The Kier molecular flexibility index (Phi) is 5.23. The van der Waals surface area contributed by atoms with Crippen molar-refractivity contribution in [3.63, 3.8) is 0 Å². The normalized spacial score (nSPS) is 10.6. The zero-order chi connectivity index (χ0) is 21.1. The summed E-state index contributed by atoms with van der Waals surface area (Å²) >= 11 is 0. The summed E-state index contributed by atoms with van der Waals surface area (Å²) < 4.78 is 11.3. The van der Waals surface area contributed by atoms with Gasteiger partial charge in [-0.3, -0.25) is 4.79 Å². The Balaban J connectivity index is 1.68. The molecule has 0 bridgehead atoms. The lowest BCUT2D eigenvalue weighted by Crippen LogP contribution is -2.14. The molecule has 5 heteroatoms. The van der Waals surface area contributed by atoms with Gasteiger partial charge in [0.25, 0.3) is 5.91 Å². The van der Waals surface area contributed by atoms with E-state index in [1.807, 2.05) is 56.3 Å². The van der Waals surface area contributed by atoms with Crippen LogP contribution >= 0.6 is 0 Å². The van der Waals surface area contributed by atoms with Crippen LogP contribution in [0.1, 0.15) is 32.9 Å². The highest BCUT2D eigenvalue weighted by molar-refractivity contribution is 6.08. The van der Waals surface area contributed by atoms with Crippen LogP contribution in [-0.2, 0) is 6.61 Å². The largest absolute Gasteiger partial charge is 0.488 e. The zero-order valence-electron chi connectivity index (χ0n) is 16.7. The fourth-order valence-corrected chi connectivity index (χ4v) is 3.26. The first-order valence-electron chi connectivity index (χ1n) is 9.50. The average Bonchev–Trinajstić information content (AvgIpc) is 3.09. The number of rotatable bonds is 5. The molecular formula is C25H20N2O3. The van der Waals surface area contributed by atoms with E-state index in [9.17, 15) is 4.79 Å². The Hall–Kier alpha value is -4.04. The lowest BCUT2D eigenvalue weighted by Gasteiger charge is -2.14. The van der Waals surface area contributed by atoms with Crippen LogP contribution in [0.5, 0.6) is 5.75 Å². The Morgan fingerprint density at radius 1 is 1.10 bits per heavy atom. The van der Waals surface area contributed by atoms with Crippen molar-refractivity contribution in [3.05, 3.63) is 88.8 Å². The van der Waals surface area contributed by atoms with Crippen molar-refractivity contribution < 1.29 is 14.1 Å². The highest BCUT2D eigenvalue weighted by Crippen LogP contribution is 2.28. The second kappa shape index (κ2) is 8.14. The van der Waals surface area contributed by atoms with Gasteiger partial charge in [0.05, 0.1) is 16.8 Å². The molecular weight excluding hydrogens is 376 g/mol. The number of carbonyl (C=O) groups excluding carboxylic acids is 1. The maximum Gasteiger partial charge on any atom is 0.259 e. The summed E-state index contributed by atoms with van der Waals surface area (Å²) in [6, 6.07) is 18.7. The van der Waals surface area contributed by atoms with E-state index < -0.39 is 0 Å². The molecule has 0 aliphatic heterocycles. The van der Waals surface area contributed by atoms with Gasteiger partial charge in [-0.05, 0) is 55.0 Å². The first kappa shape index (κ1) is 19.3. The minimum absolute atomic E-state index is 0.256. The predicted octanol–water partition coefficient (Wildman–Crippen LogP) is 5.26. The SMILES string of the molecule is C#Cc1cccc(NC(=O)c2cc3ccccc3cc2OCc2c(C)noc2C)c1. The summed E-state index contributed by atoms with van der Waals surface area (Å²) in [6.07, 6.45) is 5.46. The van der Waals surface area contributed by atoms with Gasteiger partial charge in [-0.1, -0.05) is 41.4 Å². The number of aromatic nitrogens is 1. The molecule has 0 radical (unpaired) electrons. The number of hydrogen-bond donors (Lipinski definition) is 1. The zero-order valence-corrected chi connectivity index (χ0v) is 16.7. The molecule has 148 valence electrons. The first-order chi connectivity index (χ1) is 14.5. The molecule has 1 heterocycles. The number of terminal acetylenes is 1. The van der Waals surface area contributed by atoms with Crippen molar-refractivity contribution in [3.8, 4) is 18.1 Å². The molecule has 0 saturated carbocycles. The molecule has 0 aliphatic carbocycles. The highest BCUT2D eigenvalue weighted by atomic mass is 16.5. The summed E-state index contributed by atoms with van der Waals surface area (Å²) in [5.41, 5.74) is 3.40. The third-order valence-corrected chi connectivity index (χ3v) is 4.93. The van der Waals surface area contributed by atoms with E-state index in [0.717, 1.165) is 22.0 Å². The quantitative estimate of drug-likeness (QED) is 0.468. The molecule has 0 unspecified atom stereocenters. The number of nitrogens with one attached hydrogen (secondary N) is 1. The molecule has 1 N–H and O–H groups in total. The third kappa shape index (κ3) is 3.89. The maximum absolute atomic E-state index is 13.1. The van der Waals surface area contributed by atoms with Crippen molar-refractivity contribution in [2.24, 2.45) is 0 Å². The number of anilines is 1. The number of benzene rings is 3. The Bertz CT molecular complexity index is 1260. The summed E-state index contributed by atoms with van der Waals surface area (Å²) in [5.74, 6) is 3.48. The Labute approximate surface area is 174 Å². The predicted molar refractivity (Wildman–Crippen MR) is 117 cm³/mol. The van der Waals surface area contributed by atoms with E-state index in [0.29, 0.717) is 28.3 Å². The van der Waals surface area contributed by atoms with Gasteiger partial charge in [0.15, 0.2) is 0 Å². The maximum atomic E-state index is 13.1. The summed E-state index contributed by atoms with van der Waals surface area (Å²) in [6.45, 7) is 3.96. The molecule has 1 aromatic heterocycles. The van der Waals surface area contributed by atoms with Crippen LogP contribution in [-0.4, -0.2) is 11.1 Å². The standard InChI is InChI=1S/C25H20N2O3/c1-4-18-8-7-11-21(12-18)26-25(28)22-13-19-9-5-6-10-20(19)14-24(22)29-15-23-16(2)27-30-17(23)3/h1,5-14H,15H2,2-3H3,(H,26,28). The average molecular weight is 396 g/mol. The lowest BCUT2D eigenvalue weighted by atomic mass is 10.0. The number of fused-ring (bicyclic) bond motifs is 1. The van der Waals surface area contributed by atoms with Crippen molar-refractivity contribution in [1.29, 1.82) is 0 Å². The van der Waals surface area contributed by atoms with E-state index >= 15 is 0 Å². The number of amides is 1. The van der Waals surface area contributed by atoms with Gasteiger partial charge in [-0.15, -0.1) is 6.42 Å². The van der Waals surface area contributed by atoms with Crippen LogP contribution in [0.4, 0.5) is 5.69 Å². The highest BCUT2D eigenvalue weighted by Gasteiger charge is 2.17. The van der Waals surface area contributed by atoms with Gasteiger partial charge in [0, 0.05) is 11.3 Å². The summed E-state index contributed by atoms with van der Waals surface area (Å²) in [7, 11) is 0. The molecule has 0 saturated heterocycles. The van der Waals surface area contributed by atoms with Crippen molar-refractivity contribution in [2.75, 3.05) is 5.32 Å². The second-order valence-electron chi connectivity index (χ2n) is 6.97. The van der Waals surface area contributed by atoms with E-state index in [2.05, 4.69) is 16.4 Å². The van der Waals surface area contributed by atoms with Crippen LogP contribution in [0.15, 0.2) is 65.2 Å². The van der Waals surface area contributed by atoms with E-state index in [4.69, 9.17) is 15.7 Å². The number of ether oxygens (including phenoxy) is 1. The molecule has 0 fully saturated rings. The fourth-order valence-electron chi connectivity index (χ4n) is 3.26. The van der Waals surface area contributed by atoms with E-state index in [1.165, 1.54) is 0 Å². The van der Waals surface area contributed by atoms with Crippen LogP contribution in [0.25, 0.3) is 10.8 Å². The third-order valence-electron chi connectivity index (χ3n) is 4.93. The first-order valence-corrected chi connectivity index (χ1v) is 9.50. The smallest absolute Gasteiger partial charge is 0.259 e. The molecule has 5 nitrogen and oxygen atoms in total. The molecule has 30 heavy (non-hydrogen) atoms. The second-order valence-corrected chi connectivity index (χ2v) is 6.97. The summed E-state index contributed by atoms with van der Waals surface area (Å²) in [5, 5.41) is 8.80. The number of nitrogens with zero attached hydrogens (tertiary/aromatic N) is 1. The van der Waals surface area contributed by atoms with Gasteiger partial charge in [0.2, 0.25) is 0 Å². The van der Waals surface area contributed by atoms with Crippen molar-refractivity contribution in [1.82, 2.24) is 5.16 Å². The van der Waals surface area contributed by atoms with E-state index in [-0.39, 0.29) is 12.5 Å². The topological polar surface area (TPSA) is 64.4 Å². The number of hydrogen-bond acceptors (Lipinski definition) is 4.